The minimum Gasteiger partial charge on any atom is -0.493 e. The number of aryl methyl sites for hydroxylation is 1. The highest BCUT2D eigenvalue weighted by Crippen LogP contribution is 2.63. The predicted molar refractivity (Wildman–Crippen MR) is 260 cm³/mol. The van der Waals surface area contributed by atoms with Crippen LogP contribution in [0.3, 0.4) is 0 Å². The lowest BCUT2D eigenvalue weighted by Gasteiger charge is -2.63. The minimum atomic E-state index is -1.24. The van der Waals surface area contributed by atoms with Crippen molar-refractivity contribution in [3.63, 3.8) is 0 Å². The van der Waals surface area contributed by atoms with Crippen molar-refractivity contribution in [2.45, 2.75) is 149 Å². The van der Waals surface area contributed by atoms with Crippen LogP contribution in [-0.4, -0.2) is 117 Å². The number of rotatable bonds is 20. The highest BCUT2D eigenvalue weighted by molar-refractivity contribution is 5.92. The fourth-order valence-electron chi connectivity index (χ4n) is 12.1. The van der Waals surface area contributed by atoms with E-state index in [1.54, 1.807) is 19.1 Å². The molecule has 1 amide bonds. The Morgan fingerprint density at radius 1 is 1.04 bits per heavy atom. The molecule has 2 aromatic rings. The standard InChI is InChI=1S/C55H80N2O11/c1-10-52(3,4)47(58)34-65-32-39-15-11-12-26-57(39)51(61)68-43(19-17-36-18-20-44(63-8)46(28-36)64-9)37-14-13-16-40(29-37)66-27-25-56-24-22-38-30-45-41(33-67-45)42-31-55(62)23-21-35(2)48(53(55,5)6)49(59)50(60)54(38,42)7/h13-14,16,18,20,28-29,38-39,41-43,45,49,56,59,62H,10-12,15,17,19,21-27,30-34H2,1-9H3. The normalized spacial score (nSPS) is 29.4. The number of methoxy groups -OCH3 is 2. The average Bonchev–Trinajstić information content (AvgIpc) is 3.31. The first-order chi connectivity index (χ1) is 32.4. The smallest absolute Gasteiger partial charge is 0.410 e. The van der Waals surface area contributed by atoms with Gasteiger partial charge >= 0.3 is 6.09 Å². The number of amides is 1. The van der Waals surface area contributed by atoms with Crippen molar-refractivity contribution in [2.24, 2.45) is 34.0 Å². The second kappa shape index (κ2) is 21.5. The van der Waals surface area contributed by atoms with E-state index in [0.717, 1.165) is 55.2 Å². The summed E-state index contributed by atoms with van der Waals surface area (Å²) in [6, 6.07) is 13.3. The zero-order chi connectivity index (χ0) is 49.0. The highest BCUT2D eigenvalue weighted by atomic mass is 16.6. The number of nitrogens with one attached hydrogen (secondary N) is 1. The van der Waals surface area contributed by atoms with Crippen molar-refractivity contribution in [1.82, 2.24) is 10.2 Å². The number of aliphatic hydroxyl groups is 2. The molecule has 68 heavy (non-hydrogen) atoms. The van der Waals surface area contributed by atoms with Gasteiger partial charge in [-0.3, -0.25) is 9.59 Å². The number of nitrogens with zero attached hydrogens (tertiary/aromatic N) is 1. The molecule has 3 N–H and O–H groups in total. The van der Waals surface area contributed by atoms with Crippen molar-refractivity contribution < 1.29 is 53.0 Å². The Morgan fingerprint density at radius 3 is 2.54 bits per heavy atom. The summed E-state index contributed by atoms with van der Waals surface area (Å²) in [6.45, 7) is 17.0. The fourth-order valence-corrected chi connectivity index (χ4v) is 12.1. The first kappa shape index (κ1) is 51.8. The Hall–Kier alpha value is -4.01. The summed E-state index contributed by atoms with van der Waals surface area (Å²) in [5.74, 6) is 1.95. The van der Waals surface area contributed by atoms with Gasteiger partial charge in [-0.25, -0.2) is 4.79 Å². The summed E-state index contributed by atoms with van der Waals surface area (Å²) >= 11 is 0. The van der Waals surface area contributed by atoms with E-state index in [0.29, 0.717) is 87.8 Å². The molecule has 9 unspecified atom stereocenters. The van der Waals surface area contributed by atoms with Crippen molar-refractivity contribution in [2.75, 3.05) is 60.3 Å². The van der Waals surface area contributed by atoms with E-state index in [1.807, 2.05) is 84.0 Å². The van der Waals surface area contributed by atoms with Gasteiger partial charge in [0, 0.05) is 35.3 Å². The predicted octanol–water partition coefficient (Wildman–Crippen LogP) is 8.61. The number of fused-ring (bicyclic) bond motifs is 5. The Balaban J connectivity index is 0.989. The third kappa shape index (κ3) is 10.5. The third-order valence-corrected chi connectivity index (χ3v) is 17.3. The molecule has 9 atom stereocenters. The molecule has 2 heterocycles. The Labute approximate surface area is 405 Å². The number of carbonyl (C=O) groups excluding carboxylic acids is 3. The van der Waals surface area contributed by atoms with Crippen molar-refractivity contribution in [3.8, 4) is 17.2 Å². The van der Waals surface area contributed by atoms with Gasteiger partial charge in [0.05, 0.1) is 45.2 Å². The lowest BCUT2D eigenvalue weighted by molar-refractivity contribution is -0.231. The van der Waals surface area contributed by atoms with E-state index in [9.17, 15) is 24.6 Å². The van der Waals surface area contributed by atoms with Crippen molar-refractivity contribution in [1.29, 1.82) is 0 Å². The summed E-state index contributed by atoms with van der Waals surface area (Å²) in [5.41, 5.74) is 0.567. The number of allylic oxidation sites excluding steroid dienone is 1. The van der Waals surface area contributed by atoms with Gasteiger partial charge < -0.3 is 48.9 Å². The number of aliphatic hydroxyl groups excluding tert-OH is 1. The van der Waals surface area contributed by atoms with Gasteiger partial charge in [-0.05, 0) is 137 Å². The molecule has 376 valence electrons. The maximum atomic E-state index is 14.7. The van der Waals surface area contributed by atoms with Crippen LogP contribution in [0.5, 0.6) is 17.2 Å². The second-order valence-corrected chi connectivity index (χ2v) is 21.8. The molecule has 0 spiro atoms. The first-order valence-electron chi connectivity index (χ1n) is 25.4. The second-order valence-electron chi connectivity index (χ2n) is 21.8. The van der Waals surface area contributed by atoms with Gasteiger partial charge in [0.2, 0.25) is 0 Å². The van der Waals surface area contributed by atoms with Crippen LogP contribution >= 0.6 is 0 Å². The Kier molecular flexibility index (Phi) is 16.4. The largest absolute Gasteiger partial charge is 0.493 e. The van der Waals surface area contributed by atoms with Crippen molar-refractivity contribution in [3.05, 3.63) is 64.7 Å². The van der Waals surface area contributed by atoms with Crippen LogP contribution in [0.4, 0.5) is 4.79 Å². The summed E-state index contributed by atoms with van der Waals surface area (Å²) in [4.78, 5) is 43.3. The van der Waals surface area contributed by atoms with Crippen LogP contribution in [0.2, 0.25) is 0 Å². The zero-order valence-corrected chi connectivity index (χ0v) is 42.3. The monoisotopic (exact) mass is 945 g/mol. The van der Waals surface area contributed by atoms with Crippen LogP contribution in [0.15, 0.2) is 53.6 Å². The van der Waals surface area contributed by atoms with Crippen LogP contribution < -0.4 is 19.5 Å². The molecule has 3 aliphatic carbocycles. The van der Waals surface area contributed by atoms with Gasteiger partial charge in [0.15, 0.2) is 23.1 Å². The molecule has 4 fully saturated rings. The van der Waals surface area contributed by atoms with E-state index in [2.05, 4.69) is 12.2 Å². The Morgan fingerprint density at radius 2 is 1.82 bits per heavy atom. The topological polar surface area (TPSA) is 162 Å². The number of hydrogen-bond donors (Lipinski definition) is 3. The molecule has 2 saturated heterocycles. The average molecular weight is 945 g/mol. The van der Waals surface area contributed by atoms with E-state index < -0.39 is 40.1 Å². The summed E-state index contributed by atoms with van der Waals surface area (Å²) in [7, 11) is 3.22. The molecule has 2 aromatic carbocycles. The fraction of sp³-hybridized carbons (Fsp3) is 0.691. The van der Waals surface area contributed by atoms with Gasteiger partial charge in [0.1, 0.15) is 31.2 Å². The molecule has 5 aliphatic rings. The number of benzene rings is 2. The third-order valence-electron chi connectivity index (χ3n) is 17.3. The van der Waals surface area contributed by atoms with Crippen LogP contribution in [-0.2, 0) is 30.2 Å². The molecule has 13 heteroatoms. The number of piperidine rings is 1. The summed E-state index contributed by atoms with van der Waals surface area (Å²) in [5, 5.41) is 27.8. The van der Waals surface area contributed by atoms with Gasteiger partial charge in [-0.15, -0.1) is 0 Å². The quantitative estimate of drug-likeness (QED) is 0.0858. The molecule has 2 bridgehead atoms. The van der Waals surface area contributed by atoms with Gasteiger partial charge in [-0.1, -0.05) is 65.3 Å². The molecule has 7 rings (SSSR count). The summed E-state index contributed by atoms with van der Waals surface area (Å²) in [6.07, 6.45) is 5.56. The number of Topliss-reactive ketones (excluding diaryl/α,β-unsaturated/α-hetero) is 2. The Bertz CT molecular complexity index is 2140. The molecule has 0 radical (unpaired) electrons. The zero-order valence-electron chi connectivity index (χ0n) is 42.3. The molecule has 2 saturated carbocycles. The number of likely N-dealkylation sites (tertiary alicyclic amines) is 1. The SMILES string of the molecule is CCC(C)(C)C(=O)COCC1CCCCN1C(=O)OC(CCc1ccc(OC)c(OC)c1)c1cccc(OCCNCCC2CC3OCC3C3CC4(O)CCC(C)=C(C(O)C(=O)C23C)C4(C)C)c1. The highest BCUT2D eigenvalue weighted by Gasteiger charge is 2.65. The molecule has 13 nitrogen and oxygen atoms in total. The van der Waals surface area contributed by atoms with E-state index >= 15 is 0 Å². The van der Waals surface area contributed by atoms with Crippen LogP contribution in [0.25, 0.3) is 0 Å². The van der Waals surface area contributed by atoms with E-state index in [-0.39, 0.29) is 54.7 Å². The lowest BCUT2D eigenvalue weighted by atomic mass is 9.45. The number of hydrogen-bond acceptors (Lipinski definition) is 12. The van der Waals surface area contributed by atoms with Crippen molar-refractivity contribution >= 4 is 17.7 Å². The first-order valence-corrected chi connectivity index (χ1v) is 25.4. The number of ketones is 2. The maximum Gasteiger partial charge on any atom is 0.410 e. The van der Waals surface area contributed by atoms with Gasteiger partial charge in [0.25, 0.3) is 0 Å². The van der Waals surface area contributed by atoms with E-state index in [4.69, 9.17) is 28.4 Å². The minimum absolute atomic E-state index is 0.0161. The van der Waals surface area contributed by atoms with E-state index in [1.165, 1.54) is 0 Å². The lowest BCUT2D eigenvalue weighted by Crippen LogP contribution is -2.67. The maximum absolute atomic E-state index is 14.7. The molecular weight excluding hydrogens is 865 g/mol. The number of carbonyl (C=O) groups is 3. The molecule has 0 aromatic heterocycles. The number of ether oxygens (including phenoxy) is 6. The molecular formula is C55H80N2O11. The van der Waals surface area contributed by atoms with Gasteiger partial charge in [-0.2, -0.15) is 0 Å². The van der Waals surface area contributed by atoms with Crippen LogP contribution in [0.1, 0.15) is 130 Å². The summed E-state index contributed by atoms with van der Waals surface area (Å²) < 4.78 is 35.8. The molecule has 2 aliphatic heterocycles. The van der Waals surface area contributed by atoms with Crippen LogP contribution in [0, 0.1) is 34.0 Å².